The molecule has 16 heavy (non-hydrogen) atoms. The Labute approximate surface area is 98.2 Å². The fourth-order valence-electron chi connectivity index (χ4n) is 1.35. The molecule has 0 unspecified atom stereocenters. The summed E-state index contributed by atoms with van der Waals surface area (Å²) < 4.78 is 0. The molecule has 1 rings (SSSR count). The fourth-order valence-corrected chi connectivity index (χ4v) is 1.65. The zero-order valence-corrected chi connectivity index (χ0v) is 9.58. The molecule has 2 N–H and O–H groups in total. The summed E-state index contributed by atoms with van der Waals surface area (Å²) >= 11 is 5.79. The van der Waals surface area contributed by atoms with Crippen LogP contribution < -0.4 is 0 Å². The molecule has 0 bridgehead atoms. The van der Waals surface area contributed by atoms with E-state index in [0.717, 1.165) is 6.07 Å². The Morgan fingerprint density at radius 1 is 1.56 bits per heavy atom. The second-order valence-corrected chi connectivity index (χ2v) is 3.66. The SMILES string of the molecule is C=Nc1cc(O)c(C(=O)CCC)c(Cl)c1O. The summed E-state index contributed by atoms with van der Waals surface area (Å²) in [6.45, 7) is 5.06. The van der Waals surface area contributed by atoms with Gasteiger partial charge in [0.2, 0.25) is 0 Å². The zero-order chi connectivity index (χ0) is 12.3. The lowest BCUT2D eigenvalue weighted by Crippen LogP contribution is -2.00. The molecule has 0 fully saturated rings. The lowest BCUT2D eigenvalue weighted by molar-refractivity contribution is 0.0979. The van der Waals surface area contributed by atoms with E-state index < -0.39 is 0 Å². The summed E-state index contributed by atoms with van der Waals surface area (Å²) in [5, 5.41) is 19.0. The highest BCUT2D eigenvalue weighted by molar-refractivity contribution is 6.36. The van der Waals surface area contributed by atoms with Gasteiger partial charge in [-0.15, -0.1) is 0 Å². The number of benzene rings is 1. The lowest BCUT2D eigenvalue weighted by Gasteiger charge is -2.09. The predicted octanol–water partition coefficient (Wildman–Crippen LogP) is 3.07. The van der Waals surface area contributed by atoms with Crippen molar-refractivity contribution >= 4 is 29.8 Å². The van der Waals surface area contributed by atoms with Crippen LogP contribution >= 0.6 is 11.6 Å². The Kier molecular flexibility index (Phi) is 3.90. The molecule has 0 spiro atoms. The van der Waals surface area contributed by atoms with E-state index in [9.17, 15) is 15.0 Å². The van der Waals surface area contributed by atoms with Crippen molar-refractivity contribution in [2.24, 2.45) is 4.99 Å². The molecule has 0 radical (unpaired) electrons. The van der Waals surface area contributed by atoms with Crippen molar-refractivity contribution in [2.75, 3.05) is 0 Å². The van der Waals surface area contributed by atoms with Crippen LogP contribution in [0.25, 0.3) is 0 Å². The normalized spacial score (nSPS) is 10.1. The zero-order valence-electron chi connectivity index (χ0n) is 8.83. The minimum absolute atomic E-state index is 0.0514. The van der Waals surface area contributed by atoms with Gasteiger partial charge in [0.1, 0.15) is 11.4 Å². The molecule has 0 aliphatic heterocycles. The van der Waals surface area contributed by atoms with Crippen LogP contribution in [0.4, 0.5) is 5.69 Å². The van der Waals surface area contributed by atoms with Crippen molar-refractivity contribution < 1.29 is 15.0 Å². The first-order chi connectivity index (χ1) is 7.52. The van der Waals surface area contributed by atoms with Gasteiger partial charge in [0, 0.05) is 12.5 Å². The van der Waals surface area contributed by atoms with Crippen molar-refractivity contribution in [1.29, 1.82) is 0 Å². The topological polar surface area (TPSA) is 69.9 Å². The van der Waals surface area contributed by atoms with Gasteiger partial charge in [-0.2, -0.15) is 0 Å². The van der Waals surface area contributed by atoms with Crippen molar-refractivity contribution in [3.05, 3.63) is 16.7 Å². The van der Waals surface area contributed by atoms with Crippen molar-refractivity contribution in [3.8, 4) is 11.5 Å². The molecule has 0 heterocycles. The van der Waals surface area contributed by atoms with Crippen LogP contribution in [0.2, 0.25) is 5.02 Å². The molecular weight excluding hydrogens is 230 g/mol. The second kappa shape index (κ2) is 4.99. The van der Waals surface area contributed by atoms with Gasteiger partial charge in [0.25, 0.3) is 0 Å². The Bertz CT molecular complexity index is 443. The third kappa shape index (κ3) is 2.17. The molecule has 0 amide bonds. The molecule has 1 aromatic carbocycles. The van der Waals surface area contributed by atoms with E-state index in [4.69, 9.17) is 11.6 Å². The molecular formula is C11H12ClNO3. The Morgan fingerprint density at radius 2 is 2.19 bits per heavy atom. The molecule has 0 atom stereocenters. The molecule has 0 aliphatic rings. The van der Waals surface area contributed by atoms with Gasteiger partial charge in [-0.25, -0.2) is 0 Å². The van der Waals surface area contributed by atoms with Gasteiger partial charge in [-0.3, -0.25) is 9.79 Å². The van der Waals surface area contributed by atoms with Crippen LogP contribution in [-0.4, -0.2) is 22.7 Å². The van der Waals surface area contributed by atoms with E-state index in [2.05, 4.69) is 11.7 Å². The standard InChI is InChI=1S/C11H12ClNO3/c1-3-4-7(14)9-8(15)5-6(13-2)11(16)10(9)12/h5,15-16H,2-4H2,1H3. The van der Waals surface area contributed by atoms with Crippen LogP contribution in [-0.2, 0) is 0 Å². The molecule has 1 aromatic rings. The van der Waals surface area contributed by atoms with Crippen molar-refractivity contribution in [3.63, 3.8) is 0 Å². The molecule has 0 aromatic heterocycles. The highest BCUT2D eigenvalue weighted by Crippen LogP contribution is 2.42. The first-order valence-corrected chi connectivity index (χ1v) is 5.15. The van der Waals surface area contributed by atoms with Crippen molar-refractivity contribution in [2.45, 2.75) is 19.8 Å². The smallest absolute Gasteiger partial charge is 0.168 e. The number of ketones is 1. The molecule has 0 aliphatic carbocycles. The van der Waals surface area contributed by atoms with E-state index >= 15 is 0 Å². The Morgan fingerprint density at radius 3 is 2.69 bits per heavy atom. The minimum atomic E-state index is -0.339. The maximum absolute atomic E-state index is 11.6. The number of carbonyl (C=O) groups is 1. The number of hydrogen-bond acceptors (Lipinski definition) is 4. The predicted molar refractivity (Wildman–Crippen MR) is 63.2 cm³/mol. The number of carbonyl (C=O) groups excluding carboxylic acids is 1. The summed E-state index contributed by atoms with van der Waals surface area (Å²) in [6, 6.07) is 1.16. The number of aliphatic imine (C=N–C) groups is 1. The minimum Gasteiger partial charge on any atom is -0.507 e. The third-order valence-electron chi connectivity index (χ3n) is 2.13. The summed E-state index contributed by atoms with van der Waals surface area (Å²) in [7, 11) is 0. The monoisotopic (exact) mass is 241 g/mol. The molecule has 0 saturated heterocycles. The largest absolute Gasteiger partial charge is 0.507 e. The summed E-state index contributed by atoms with van der Waals surface area (Å²) in [4.78, 5) is 15.1. The van der Waals surface area contributed by atoms with E-state index in [1.165, 1.54) is 0 Å². The molecule has 4 nitrogen and oxygen atoms in total. The number of aromatic hydroxyl groups is 2. The first kappa shape index (κ1) is 12.5. The number of phenols is 2. The maximum Gasteiger partial charge on any atom is 0.168 e. The third-order valence-corrected chi connectivity index (χ3v) is 2.49. The quantitative estimate of drug-likeness (QED) is 0.484. The number of phenolic OH excluding ortho intramolecular Hbond substituents is 2. The Hall–Kier alpha value is -1.55. The first-order valence-electron chi connectivity index (χ1n) is 4.77. The van der Waals surface area contributed by atoms with E-state index in [-0.39, 0.29) is 40.0 Å². The summed E-state index contributed by atoms with van der Waals surface area (Å²) in [5.74, 6) is -0.937. The van der Waals surface area contributed by atoms with Gasteiger partial charge in [0.05, 0.1) is 10.6 Å². The van der Waals surface area contributed by atoms with Gasteiger partial charge in [-0.05, 0) is 13.1 Å². The van der Waals surface area contributed by atoms with E-state index in [1.54, 1.807) is 0 Å². The van der Waals surface area contributed by atoms with Gasteiger partial charge in [-0.1, -0.05) is 18.5 Å². The van der Waals surface area contributed by atoms with Crippen LogP contribution in [0.5, 0.6) is 11.5 Å². The van der Waals surface area contributed by atoms with Gasteiger partial charge < -0.3 is 10.2 Å². The van der Waals surface area contributed by atoms with Crippen molar-refractivity contribution in [1.82, 2.24) is 0 Å². The Balaban J connectivity index is 3.36. The van der Waals surface area contributed by atoms with E-state index in [0.29, 0.717) is 6.42 Å². The summed E-state index contributed by atoms with van der Waals surface area (Å²) in [5.41, 5.74) is -0.0102. The second-order valence-electron chi connectivity index (χ2n) is 3.28. The number of rotatable bonds is 4. The van der Waals surface area contributed by atoms with Crippen LogP contribution in [0.15, 0.2) is 11.1 Å². The summed E-state index contributed by atoms with van der Waals surface area (Å²) in [6.07, 6.45) is 0.893. The average Bonchev–Trinajstić information content (AvgIpc) is 2.24. The number of hydrogen-bond donors (Lipinski definition) is 2. The van der Waals surface area contributed by atoms with Crippen LogP contribution in [0.3, 0.4) is 0 Å². The van der Waals surface area contributed by atoms with Crippen LogP contribution in [0.1, 0.15) is 30.1 Å². The molecule has 5 heteroatoms. The fraction of sp³-hybridized carbons (Fsp3) is 0.273. The van der Waals surface area contributed by atoms with Crippen LogP contribution in [0, 0.1) is 0 Å². The number of halogens is 1. The van der Waals surface area contributed by atoms with Gasteiger partial charge in [0.15, 0.2) is 11.5 Å². The highest BCUT2D eigenvalue weighted by atomic mass is 35.5. The van der Waals surface area contributed by atoms with Gasteiger partial charge >= 0.3 is 0 Å². The number of Topliss-reactive ketones (excluding diaryl/α,β-unsaturated/α-hetero) is 1. The lowest BCUT2D eigenvalue weighted by atomic mass is 10.0. The molecule has 86 valence electrons. The average molecular weight is 242 g/mol. The number of nitrogens with zero attached hydrogens (tertiary/aromatic N) is 1. The maximum atomic E-state index is 11.6. The van der Waals surface area contributed by atoms with E-state index in [1.807, 2.05) is 6.92 Å². The molecule has 0 saturated carbocycles. The highest BCUT2D eigenvalue weighted by Gasteiger charge is 2.20.